The van der Waals surface area contributed by atoms with E-state index in [4.69, 9.17) is 0 Å². The van der Waals surface area contributed by atoms with Crippen molar-refractivity contribution in [1.82, 2.24) is 9.29 Å². The number of hydrogen-bond acceptors (Lipinski definition) is 4. The summed E-state index contributed by atoms with van der Waals surface area (Å²) in [5.74, 6) is 0.126. The highest BCUT2D eigenvalue weighted by atomic mass is 32.2. The predicted octanol–water partition coefficient (Wildman–Crippen LogP) is 3.99. The summed E-state index contributed by atoms with van der Waals surface area (Å²) >= 11 is 0. The molecule has 0 radical (unpaired) electrons. The van der Waals surface area contributed by atoms with Gasteiger partial charge in [-0.2, -0.15) is 0 Å². The van der Waals surface area contributed by atoms with Gasteiger partial charge in [0.1, 0.15) is 0 Å². The number of hydrogen-bond donors (Lipinski definition) is 0. The molecule has 2 heterocycles. The van der Waals surface area contributed by atoms with E-state index in [9.17, 15) is 13.2 Å². The van der Waals surface area contributed by atoms with Crippen LogP contribution in [0, 0.1) is 16.7 Å². The van der Waals surface area contributed by atoms with Gasteiger partial charge in [0.15, 0.2) is 0 Å². The van der Waals surface area contributed by atoms with Gasteiger partial charge in [-0.25, -0.2) is 12.7 Å². The average Bonchev–Trinajstić information content (AvgIpc) is 3.21. The highest BCUT2D eigenvalue weighted by Gasteiger charge is 2.72. The highest BCUT2D eigenvalue weighted by Crippen LogP contribution is 2.70. The molecule has 1 aromatic heterocycles. The third-order valence-corrected chi connectivity index (χ3v) is 9.84. The Morgan fingerprint density at radius 2 is 1.83 bits per heavy atom. The maximum Gasteiger partial charge on any atom is 0.268 e. The second-order valence-corrected chi connectivity index (χ2v) is 11.3. The molecule has 1 aromatic carbocycles. The Morgan fingerprint density at radius 1 is 1.13 bits per heavy atom. The van der Waals surface area contributed by atoms with Gasteiger partial charge >= 0.3 is 0 Å². The van der Waals surface area contributed by atoms with Crippen LogP contribution in [0.1, 0.15) is 44.2 Å². The van der Waals surface area contributed by atoms with Crippen LogP contribution in [0.25, 0.3) is 11.6 Å². The maximum absolute atomic E-state index is 13.9. The summed E-state index contributed by atoms with van der Waals surface area (Å²) in [4.78, 5) is 17.9. The molecule has 1 amide bonds. The number of nitrogens with zero attached hydrogens (tertiary/aromatic N) is 2. The lowest BCUT2D eigenvalue weighted by atomic mass is 9.69. The maximum atomic E-state index is 13.9. The highest BCUT2D eigenvalue weighted by molar-refractivity contribution is 7.90. The molecule has 1 spiro atoms. The summed E-state index contributed by atoms with van der Waals surface area (Å²) in [7, 11) is -3.68. The van der Waals surface area contributed by atoms with Crippen LogP contribution in [0.5, 0.6) is 0 Å². The van der Waals surface area contributed by atoms with Crippen molar-refractivity contribution in [3.05, 3.63) is 66.0 Å². The quantitative estimate of drug-likeness (QED) is 0.702. The van der Waals surface area contributed by atoms with E-state index in [2.05, 4.69) is 18.8 Å². The van der Waals surface area contributed by atoms with Gasteiger partial charge in [0.25, 0.3) is 5.91 Å². The molecular weight excluding hydrogens is 396 g/mol. The van der Waals surface area contributed by atoms with Crippen LogP contribution in [0.2, 0.25) is 0 Å². The molecule has 5 nitrogen and oxygen atoms in total. The van der Waals surface area contributed by atoms with Crippen molar-refractivity contribution in [1.29, 1.82) is 0 Å². The van der Waals surface area contributed by atoms with E-state index in [1.54, 1.807) is 30.6 Å². The Hall–Kier alpha value is -2.47. The number of aromatic nitrogens is 1. The van der Waals surface area contributed by atoms with Crippen LogP contribution < -0.4 is 0 Å². The Kier molecular flexibility index (Phi) is 4.23. The summed E-state index contributed by atoms with van der Waals surface area (Å²) in [6.07, 6.45) is 7.75. The number of carbonyl (C=O) groups excluding carboxylic acids is 1. The molecular formula is C24H26N2O3S. The van der Waals surface area contributed by atoms with Crippen LogP contribution in [0.15, 0.2) is 54.9 Å². The van der Waals surface area contributed by atoms with E-state index < -0.39 is 15.9 Å². The molecule has 3 aliphatic rings. The van der Waals surface area contributed by atoms with Crippen molar-refractivity contribution in [3.8, 4) is 0 Å². The summed E-state index contributed by atoms with van der Waals surface area (Å²) in [6, 6.07) is 12.8. The van der Waals surface area contributed by atoms with E-state index in [1.165, 1.54) is 4.31 Å². The normalized spacial score (nSPS) is 31.0. The Bertz CT molecular complexity index is 1130. The minimum Gasteiger partial charge on any atom is -0.268 e. The zero-order chi connectivity index (χ0) is 21.1. The van der Waals surface area contributed by atoms with Gasteiger partial charge < -0.3 is 0 Å². The van der Waals surface area contributed by atoms with Crippen molar-refractivity contribution < 1.29 is 13.2 Å². The first-order valence-electron chi connectivity index (χ1n) is 10.5. The summed E-state index contributed by atoms with van der Waals surface area (Å²) < 4.78 is 27.9. The lowest BCUT2D eigenvalue weighted by Crippen LogP contribution is -2.44. The number of pyridine rings is 1. The Balaban J connectivity index is 1.62. The van der Waals surface area contributed by atoms with Gasteiger partial charge in [0.05, 0.1) is 11.8 Å². The molecule has 5 rings (SSSR count). The van der Waals surface area contributed by atoms with E-state index in [0.717, 1.165) is 24.8 Å². The van der Waals surface area contributed by atoms with Crippen molar-refractivity contribution in [2.75, 3.05) is 5.75 Å². The number of carbonyl (C=O) groups is 1. The number of sulfonamides is 1. The molecule has 30 heavy (non-hydrogen) atoms. The van der Waals surface area contributed by atoms with Crippen molar-refractivity contribution >= 4 is 27.6 Å². The Labute approximate surface area is 177 Å². The van der Waals surface area contributed by atoms with Crippen LogP contribution in [-0.4, -0.2) is 35.4 Å². The predicted molar refractivity (Wildman–Crippen MR) is 117 cm³/mol. The molecule has 156 valence electrons. The fourth-order valence-electron chi connectivity index (χ4n) is 6.19. The second kappa shape index (κ2) is 6.51. The molecule has 6 heteroatoms. The molecule has 0 N–H and O–H groups in total. The molecule has 3 fully saturated rings. The minimum absolute atomic E-state index is 0.0697. The molecule has 2 aromatic rings. The monoisotopic (exact) mass is 422 g/mol. The number of fused-ring (bicyclic) bond motifs is 1. The minimum atomic E-state index is -3.68. The zero-order valence-electron chi connectivity index (χ0n) is 17.3. The molecule has 1 aliphatic heterocycles. The second-order valence-electron chi connectivity index (χ2n) is 9.43. The van der Waals surface area contributed by atoms with E-state index in [0.29, 0.717) is 17.1 Å². The van der Waals surface area contributed by atoms with Crippen molar-refractivity contribution in [3.63, 3.8) is 0 Å². The Morgan fingerprint density at radius 3 is 2.50 bits per heavy atom. The van der Waals surface area contributed by atoms with Gasteiger partial charge in [-0.1, -0.05) is 44.2 Å². The first kappa shape index (κ1) is 19.5. The molecule has 2 saturated carbocycles. The largest absolute Gasteiger partial charge is 0.268 e. The fourth-order valence-corrected chi connectivity index (χ4v) is 8.72. The third kappa shape index (κ3) is 2.62. The molecule has 2 aliphatic carbocycles. The van der Waals surface area contributed by atoms with Crippen LogP contribution in [0.3, 0.4) is 0 Å². The molecule has 2 unspecified atom stereocenters. The van der Waals surface area contributed by atoms with Gasteiger partial charge in [-0.05, 0) is 59.9 Å². The number of amides is 1. The summed E-state index contributed by atoms with van der Waals surface area (Å²) in [6.45, 7) is 4.38. The lowest BCUT2D eigenvalue weighted by Gasteiger charge is -2.37. The van der Waals surface area contributed by atoms with E-state index >= 15 is 0 Å². The molecule has 1 saturated heterocycles. The summed E-state index contributed by atoms with van der Waals surface area (Å²) in [5, 5.41) is 0. The standard InChI is InChI=1S/C24H26N2O3S/c1-23(2)19-8-11-24(23)16-30(28,29)26(21(24)15-19)22(27)20(18-9-12-25-13-10-18)14-17-6-4-3-5-7-17/h3-7,9-10,12-14,19,21H,8,11,15-16H2,1-2H3/b20-14+/t19?,21?,24-/m0/s1. The smallest absolute Gasteiger partial charge is 0.268 e. The van der Waals surface area contributed by atoms with Gasteiger partial charge in [-0.15, -0.1) is 0 Å². The van der Waals surface area contributed by atoms with Crippen LogP contribution in [0.4, 0.5) is 0 Å². The molecule has 3 atom stereocenters. The molecule has 2 bridgehead atoms. The topological polar surface area (TPSA) is 67.3 Å². The van der Waals surface area contributed by atoms with Crippen LogP contribution >= 0.6 is 0 Å². The fraction of sp³-hybridized carbons (Fsp3) is 0.417. The van der Waals surface area contributed by atoms with Gasteiger partial charge in [-0.3, -0.25) is 9.78 Å². The van der Waals surface area contributed by atoms with E-state index in [-0.39, 0.29) is 22.6 Å². The summed E-state index contributed by atoms with van der Waals surface area (Å²) in [5.41, 5.74) is 1.53. The number of rotatable bonds is 3. The van der Waals surface area contributed by atoms with Gasteiger partial charge in [0.2, 0.25) is 10.0 Å². The van der Waals surface area contributed by atoms with E-state index in [1.807, 2.05) is 30.3 Å². The first-order valence-corrected chi connectivity index (χ1v) is 12.1. The van der Waals surface area contributed by atoms with Gasteiger partial charge in [0, 0.05) is 23.4 Å². The average molecular weight is 423 g/mol. The third-order valence-electron chi connectivity index (χ3n) is 7.94. The number of benzene rings is 1. The van der Waals surface area contributed by atoms with Crippen molar-refractivity contribution in [2.24, 2.45) is 16.7 Å². The van der Waals surface area contributed by atoms with Crippen LogP contribution in [-0.2, 0) is 14.8 Å². The lowest BCUT2D eigenvalue weighted by molar-refractivity contribution is -0.123. The zero-order valence-corrected chi connectivity index (χ0v) is 18.1. The SMILES string of the molecule is CC1(C)C2CC[C@@]13CS(=O)(=O)N(C(=O)/C(=C/c1ccccc1)c1ccncc1)C3C2. The van der Waals surface area contributed by atoms with Crippen molar-refractivity contribution in [2.45, 2.75) is 39.2 Å². The first-order chi connectivity index (χ1) is 14.3.